The summed E-state index contributed by atoms with van der Waals surface area (Å²) >= 11 is 0. The van der Waals surface area contributed by atoms with E-state index >= 15 is 0 Å². The van der Waals surface area contributed by atoms with E-state index in [1.54, 1.807) is 19.2 Å². The third-order valence-electron chi connectivity index (χ3n) is 2.86. The number of hydrogen-bond donors (Lipinski definition) is 0. The van der Waals surface area contributed by atoms with Crippen LogP contribution in [-0.4, -0.2) is 37.5 Å². The first-order valence-corrected chi connectivity index (χ1v) is 5.92. The van der Waals surface area contributed by atoms with E-state index in [0.29, 0.717) is 12.1 Å². The van der Waals surface area contributed by atoms with Crippen molar-refractivity contribution in [1.82, 2.24) is 4.90 Å². The predicted octanol–water partition coefficient (Wildman–Crippen LogP) is 2.07. The number of benzene rings is 1. The first-order valence-electron chi connectivity index (χ1n) is 5.92. The van der Waals surface area contributed by atoms with Crippen molar-refractivity contribution in [3.8, 4) is 0 Å². The smallest absolute Gasteiger partial charge is 0.307 e. The maximum atomic E-state index is 12.1. The van der Waals surface area contributed by atoms with Gasteiger partial charge in [0, 0.05) is 19.0 Å². The van der Waals surface area contributed by atoms with E-state index in [1.165, 1.54) is 12.0 Å². The molecule has 1 amide bonds. The van der Waals surface area contributed by atoms with Crippen molar-refractivity contribution in [1.29, 1.82) is 0 Å². The summed E-state index contributed by atoms with van der Waals surface area (Å²) in [6.07, 6.45) is 0.166. The summed E-state index contributed by atoms with van der Waals surface area (Å²) in [5, 5.41) is 0.882. The second-order valence-electron chi connectivity index (χ2n) is 4.20. The molecule has 100 valence electrons. The molecule has 1 aromatic carbocycles. The van der Waals surface area contributed by atoms with Crippen LogP contribution in [0, 0.1) is 0 Å². The van der Waals surface area contributed by atoms with Gasteiger partial charge in [-0.1, -0.05) is 18.2 Å². The van der Waals surface area contributed by atoms with Gasteiger partial charge < -0.3 is 14.1 Å². The summed E-state index contributed by atoms with van der Waals surface area (Å²) in [4.78, 5) is 24.6. The molecule has 0 aliphatic heterocycles. The molecule has 0 aliphatic rings. The van der Waals surface area contributed by atoms with Crippen LogP contribution in [0.5, 0.6) is 0 Å². The van der Waals surface area contributed by atoms with Crippen LogP contribution in [0.4, 0.5) is 0 Å². The van der Waals surface area contributed by atoms with Gasteiger partial charge in [0.05, 0.1) is 13.5 Å². The molecule has 0 bridgehead atoms. The lowest BCUT2D eigenvalue weighted by molar-refractivity contribution is -0.140. The van der Waals surface area contributed by atoms with Crippen molar-refractivity contribution in [3.63, 3.8) is 0 Å². The second kappa shape index (κ2) is 5.56. The Hall–Kier alpha value is -2.30. The molecule has 0 radical (unpaired) electrons. The van der Waals surface area contributed by atoms with Crippen LogP contribution in [0.25, 0.3) is 11.0 Å². The number of para-hydroxylation sites is 1. The molecule has 0 unspecified atom stereocenters. The van der Waals surface area contributed by atoms with Crippen molar-refractivity contribution in [2.24, 2.45) is 0 Å². The van der Waals surface area contributed by atoms with Crippen LogP contribution in [-0.2, 0) is 9.53 Å². The molecular formula is C14H15NO4. The molecule has 1 aromatic heterocycles. The molecule has 5 nitrogen and oxygen atoms in total. The molecule has 5 heteroatoms. The van der Waals surface area contributed by atoms with E-state index in [0.717, 1.165) is 5.39 Å². The second-order valence-corrected chi connectivity index (χ2v) is 4.20. The SMILES string of the molecule is COC(=O)CCN(C)C(=O)c1cc2ccccc2o1. The monoisotopic (exact) mass is 261 g/mol. The number of rotatable bonds is 4. The van der Waals surface area contributed by atoms with E-state index in [2.05, 4.69) is 4.74 Å². The molecule has 0 saturated heterocycles. The molecule has 2 rings (SSSR count). The summed E-state index contributed by atoms with van der Waals surface area (Å²) in [6, 6.07) is 9.12. The number of carbonyl (C=O) groups excluding carboxylic acids is 2. The summed E-state index contributed by atoms with van der Waals surface area (Å²) in [7, 11) is 2.95. The molecule has 0 N–H and O–H groups in total. The van der Waals surface area contributed by atoms with Gasteiger partial charge in [0.15, 0.2) is 5.76 Å². The number of fused-ring (bicyclic) bond motifs is 1. The quantitative estimate of drug-likeness (QED) is 0.790. The minimum atomic E-state index is -0.343. The number of carbonyl (C=O) groups is 2. The van der Waals surface area contributed by atoms with E-state index in [4.69, 9.17) is 4.42 Å². The molecule has 0 atom stereocenters. The number of ether oxygens (including phenoxy) is 1. The zero-order chi connectivity index (χ0) is 13.8. The van der Waals surface area contributed by atoms with Gasteiger partial charge in [-0.2, -0.15) is 0 Å². The number of amides is 1. The van der Waals surface area contributed by atoms with E-state index in [-0.39, 0.29) is 24.1 Å². The average molecular weight is 261 g/mol. The molecule has 2 aromatic rings. The average Bonchev–Trinajstić information content (AvgIpc) is 2.87. The normalized spacial score (nSPS) is 10.4. The van der Waals surface area contributed by atoms with Crippen LogP contribution < -0.4 is 0 Å². The lowest BCUT2D eigenvalue weighted by Crippen LogP contribution is -2.28. The lowest BCUT2D eigenvalue weighted by Gasteiger charge is -2.14. The zero-order valence-electron chi connectivity index (χ0n) is 10.9. The minimum Gasteiger partial charge on any atom is -0.469 e. The molecule has 1 heterocycles. The summed E-state index contributed by atoms with van der Waals surface area (Å²) in [5.74, 6) is -0.321. The van der Waals surface area contributed by atoms with Crippen molar-refractivity contribution in [3.05, 3.63) is 36.1 Å². The topological polar surface area (TPSA) is 59.8 Å². The Bertz CT molecular complexity index is 569. The van der Waals surface area contributed by atoms with E-state index < -0.39 is 0 Å². The van der Waals surface area contributed by atoms with Gasteiger partial charge in [-0.3, -0.25) is 9.59 Å². The first kappa shape index (κ1) is 13.1. The maximum absolute atomic E-state index is 12.1. The molecule has 0 fully saturated rings. The first-order chi connectivity index (χ1) is 9.11. The van der Waals surface area contributed by atoms with Gasteiger partial charge in [0.2, 0.25) is 0 Å². The van der Waals surface area contributed by atoms with E-state index in [1.807, 2.05) is 18.2 Å². The summed E-state index contributed by atoms with van der Waals surface area (Å²) < 4.78 is 10.0. The number of methoxy groups -OCH3 is 1. The standard InChI is InChI=1S/C14H15NO4/c1-15(8-7-13(16)18-2)14(17)12-9-10-5-3-4-6-11(10)19-12/h3-6,9H,7-8H2,1-2H3. The van der Waals surface area contributed by atoms with Gasteiger partial charge in [0.1, 0.15) is 5.58 Å². The highest BCUT2D eigenvalue weighted by Crippen LogP contribution is 2.19. The van der Waals surface area contributed by atoms with Gasteiger partial charge >= 0.3 is 5.97 Å². The molecule has 0 spiro atoms. The molecular weight excluding hydrogens is 246 g/mol. The number of esters is 1. The van der Waals surface area contributed by atoms with Crippen LogP contribution in [0.3, 0.4) is 0 Å². The number of hydrogen-bond acceptors (Lipinski definition) is 4. The maximum Gasteiger partial charge on any atom is 0.307 e. The Morgan fingerprint density at radius 3 is 2.74 bits per heavy atom. The zero-order valence-corrected chi connectivity index (χ0v) is 10.9. The van der Waals surface area contributed by atoms with Crippen LogP contribution >= 0.6 is 0 Å². The number of furan rings is 1. The highest BCUT2D eigenvalue weighted by atomic mass is 16.5. The highest BCUT2D eigenvalue weighted by molar-refractivity contribution is 5.96. The van der Waals surface area contributed by atoms with Crippen LogP contribution in [0.2, 0.25) is 0 Å². The Balaban J connectivity index is 2.08. The molecule has 0 aliphatic carbocycles. The Kier molecular flexibility index (Phi) is 3.85. The fraction of sp³-hybridized carbons (Fsp3) is 0.286. The fourth-order valence-corrected chi connectivity index (χ4v) is 1.74. The summed E-state index contributed by atoms with van der Waals surface area (Å²) in [6.45, 7) is 0.294. The highest BCUT2D eigenvalue weighted by Gasteiger charge is 2.17. The third kappa shape index (κ3) is 2.93. The van der Waals surface area contributed by atoms with Crippen molar-refractivity contribution in [2.45, 2.75) is 6.42 Å². The minimum absolute atomic E-state index is 0.166. The third-order valence-corrected chi connectivity index (χ3v) is 2.86. The van der Waals surface area contributed by atoms with Gasteiger partial charge in [-0.05, 0) is 12.1 Å². The van der Waals surface area contributed by atoms with Gasteiger partial charge in [-0.25, -0.2) is 0 Å². The van der Waals surface area contributed by atoms with Crippen molar-refractivity contribution >= 4 is 22.8 Å². The number of nitrogens with zero attached hydrogens (tertiary/aromatic N) is 1. The Morgan fingerprint density at radius 2 is 2.05 bits per heavy atom. The van der Waals surface area contributed by atoms with Gasteiger partial charge in [-0.15, -0.1) is 0 Å². The predicted molar refractivity (Wildman–Crippen MR) is 69.8 cm³/mol. The van der Waals surface area contributed by atoms with Gasteiger partial charge in [0.25, 0.3) is 5.91 Å². The summed E-state index contributed by atoms with van der Waals surface area (Å²) in [5.41, 5.74) is 0.673. The molecule has 19 heavy (non-hydrogen) atoms. The fourth-order valence-electron chi connectivity index (χ4n) is 1.74. The van der Waals surface area contributed by atoms with Crippen molar-refractivity contribution < 1.29 is 18.7 Å². The van der Waals surface area contributed by atoms with Crippen molar-refractivity contribution in [2.75, 3.05) is 20.7 Å². The van der Waals surface area contributed by atoms with E-state index in [9.17, 15) is 9.59 Å². The largest absolute Gasteiger partial charge is 0.469 e. The Morgan fingerprint density at radius 1 is 1.32 bits per heavy atom. The lowest BCUT2D eigenvalue weighted by atomic mass is 10.2. The van der Waals surface area contributed by atoms with Crippen LogP contribution in [0.1, 0.15) is 17.0 Å². The molecule has 0 saturated carbocycles. The van der Waals surface area contributed by atoms with Crippen LogP contribution in [0.15, 0.2) is 34.7 Å². The Labute approximate surface area is 110 Å².